The van der Waals surface area contributed by atoms with Crippen LogP contribution >= 0.6 is 0 Å². The SMILES string of the molecule is CCCCCCCCCCCN(CCCCCCCCCCC)CCCCC(=O)[O-].CCCCCCCCCCCN(CCCCCCCCCCC)CCCCC(=O)[O-].[Ca+2]. The van der Waals surface area contributed by atoms with Gasteiger partial charge in [-0.25, -0.2) is 0 Å². The van der Waals surface area contributed by atoms with Crippen molar-refractivity contribution in [3.05, 3.63) is 0 Å². The van der Waals surface area contributed by atoms with Crippen molar-refractivity contribution in [1.29, 1.82) is 0 Å². The Kier molecular flexibility index (Phi) is 62.3. The minimum atomic E-state index is -0.903. The van der Waals surface area contributed by atoms with Crippen LogP contribution in [0.25, 0.3) is 0 Å². The summed E-state index contributed by atoms with van der Waals surface area (Å²) < 4.78 is 0. The Morgan fingerprint density at radius 2 is 0.410 bits per heavy atom. The summed E-state index contributed by atoms with van der Waals surface area (Å²) in [5, 5.41) is 21.3. The normalized spacial score (nSPS) is 11.2. The first-order valence-electron chi connectivity index (χ1n) is 27.2. The number of unbranched alkanes of at least 4 members (excludes halogenated alkanes) is 34. The van der Waals surface area contributed by atoms with Gasteiger partial charge >= 0.3 is 37.7 Å². The zero-order chi connectivity index (χ0) is 44.3. The van der Waals surface area contributed by atoms with E-state index in [4.69, 9.17) is 0 Å². The summed E-state index contributed by atoms with van der Waals surface area (Å²) in [6, 6.07) is 0. The molecule has 0 aliphatic carbocycles. The number of hydrogen-bond acceptors (Lipinski definition) is 6. The summed E-state index contributed by atoms with van der Waals surface area (Å²) in [6.07, 6.45) is 53.4. The maximum Gasteiger partial charge on any atom is 2.00 e. The van der Waals surface area contributed by atoms with Crippen LogP contribution in [0.1, 0.15) is 297 Å². The summed E-state index contributed by atoms with van der Waals surface area (Å²) in [4.78, 5) is 26.4. The summed E-state index contributed by atoms with van der Waals surface area (Å²) >= 11 is 0. The summed E-state index contributed by atoms with van der Waals surface area (Å²) in [5.41, 5.74) is 0. The maximum absolute atomic E-state index is 10.6. The second-order valence-electron chi connectivity index (χ2n) is 18.7. The van der Waals surface area contributed by atoms with Crippen LogP contribution in [0.4, 0.5) is 0 Å². The Morgan fingerprint density at radius 3 is 0.574 bits per heavy atom. The van der Waals surface area contributed by atoms with E-state index in [0.29, 0.717) is 0 Å². The monoisotopic (exact) mass is 889 g/mol. The molecule has 0 aliphatic rings. The van der Waals surface area contributed by atoms with Crippen LogP contribution in [0.15, 0.2) is 0 Å². The standard InChI is InChI=1S/2C27H55NO2.Ca/c2*1-3-5-7-9-11-13-15-17-20-24-28(26-22-19-23-27(29)30)25-21-18-16-14-12-10-8-6-4-2;/h2*3-26H2,1-2H3,(H,29,30);/q;;+2/p-2. The van der Waals surface area contributed by atoms with Gasteiger partial charge in [0.25, 0.3) is 0 Å². The third-order valence-electron chi connectivity index (χ3n) is 12.5. The van der Waals surface area contributed by atoms with Gasteiger partial charge in [0.2, 0.25) is 0 Å². The van der Waals surface area contributed by atoms with Gasteiger partial charge in [0.1, 0.15) is 0 Å². The molecule has 0 aromatic rings. The molecule has 0 N–H and O–H groups in total. The quantitative estimate of drug-likeness (QED) is 0.0447. The van der Waals surface area contributed by atoms with Crippen molar-refractivity contribution < 1.29 is 19.8 Å². The van der Waals surface area contributed by atoms with E-state index in [-0.39, 0.29) is 50.6 Å². The van der Waals surface area contributed by atoms with E-state index in [1.165, 1.54) is 257 Å². The van der Waals surface area contributed by atoms with Crippen LogP contribution in [-0.2, 0) is 9.59 Å². The predicted octanol–water partition coefficient (Wildman–Crippen LogP) is 14.2. The van der Waals surface area contributed by atoms with Crippen molar-refractivity contribution >= 4 is 49.7 Å². The number of carboxylic acids is 2. The van der Waals surface area contributed by atoms with Gasteiger partial charge in [-0.3, -0.25) is 0 Å². The molecule has 0 fully saturated rings. The fourth-order valence-corrected chi connectivity index (χ4v) is 8.46. The Morgan fingerprint density at radius 1 is 0.262 bits per heavy atom. The minimum absolute atomic E-state index is 0. The number of hydrogen-bond donors (Lipinski definition) is 0. The number of carboxylic acid groups (broad SMARTS) is 2. The van der Waals surface area contributed by atoms with Crippen LogP contribution in [0, 0.1) is 0 Å². The van der Waals surface area contributed by atoms with Gasteiger partial charge < -0.3 is 29.6 Å². The average Bonchev–Trinajstić information content (AvgIpc) is 3.23. The van der Waals surface area contributed by atoms with Gasteiger partial charge in [0.15, 0.2) is 0 Å². The van der Waals surface area contributed by atoms with E-state index in [1.807, 2.05) is 0 Å². The molecule has 360 valence electrons. The predicted molar refractivity (Wildman–Crippen MR) is 265 cm³/mol. The molecule has 0 radical (unpaired) electrons. The largest absolute Gasteiger partial charge is 2.00 e. The second kappa shape index (κ2) is 58.1. The third kappa shape index (κ3) is 60.1. The molecule has 0 saturated carbocycles. The van der Waals surface area contributed by atoms with E-state index in [1.54, 1.807) is 0 Å². The van der Waals surface area contributed by atoms with Crippen LogP contribution < -0.4 is 10.2 Å². The van der Waals surface area contributed by atoms with Crippen LogP contribution in [0.5, 0.6) is 0 Å². The first-order valence-corrected chi connectivity index (χ1v) is 27.2. The third-order valence-corrected chi connectivity index (χ3v) is 12.5. The first kappa shape index (κ1) is 65.4. The molecular weight excluding hydrogens is 781 g/mol. The topological polar surface area (TPSA) is 86.7 Å². The van der Waals surface area contributed by atoms with Crippen molar-refractivity contribution in [2.75, 3.05) is 39.3 Å². The van der Waals surface area contributed by atoms with E-state index in [2.05, 4.69) is 37.5 Å². The van der Waals surface area contributed by atoms with Crippen molar-refractivity contribution in [2.24, 2.45) is 0 Å². The van der Waals surface area contributed by atoms with Crippen LogP contribution in [0.3, 0.4) is 0 Å². The molecule has 6 nitrogen and oxygen atoms in total. The number of aliphatic carboxylic acids is 2. The fraction of sp³-hybridized carbons (Fsp3) is 0.963. The van der Waals surface area contributed by atoms with Crippen molar-refractivity contribution in [2.45, 2.75) is 297 Å². The van der Waals surface area contributed by atoms with Gasteiger partial charge in [-0.15, -0.1) is 0 Å². The fourth-order valence-electron chi connectivity index (χ4n) is 8.46. The Labute approximate surface area is 413 Å². The number of carbonyl (C=O) groups is 2. The average molecular weight is 890 g/mol. The Balaban J connectivity index is -0.00000109. The van der Waals surface area contributed by atoms with Crippen LogP contribution in [0.2, 0.25) is 0 Å². The molecule has 0 unspecified atom stereocenters. The Bertz CT molecular complexity index is 721. The molecule has 0 aliphatic heterocycles. The van der Waals surface area contributed by atoms with E-state index in [9.17, 15) is 19.8 Å². The van der Waals surface area contributed by atoms with Gasteiger partial charge in [-0.1, -0.05) is 233 Å². The molecule has 61 heavy (non-hydrogen) atoms. The van der Waals surface area contributed by atoms with Gasteiger partial charge in [-0.2, -0.15) is 0 Å². The molecule has 0 rings (SSSR count). The molecule has 0 bridgehead atoms. The van der Waals surface area contributed by atoms with E-state index in [0.717, 1.165) is 38.8 Å². The minimum Gasteiger partial charge on any atom is -0.550 e. The van der Waals surface area contributed by atoms with Crippen molar-refractivity contribution in [1.82, 2.24) is 9.80 Å². The number of carbonyl (C=O) groups excluding carboxylic acids is 2. The summed E-state index contributed by atoms with van der Waals surface area (Å²) in [6.45, 7) is 16.0. The first-order chi connectivity index (χ1) is 29.4. The zero-order valence-electron chi connectivity index (χ0n) is 42.2. The molecule has 0 aromatic heterocycles. The Hall–Kier alpha value is 0.120. The summed E-state index contributed by atoms with van der Waals surface area (Å²) in [5.74, 6) is -1.81. The number of rotatable bonds is 50. The molecule has 0 saturated heterocycles. The van der Waals surface area contributed by atoms with Crippen molar-refractivity contribution in [3.8, 4) is 0 Å². The van der Waals surface area contributed by atoms with E-state index < -0.39 is 11.9 Å². The van der Waals surface area contributed by atoms with Crippen molar-refractivity contribution in [3.63, 3.8) is 0 Å². The van der Waals surface area contributed by atoms with Gasteiger partial charge in [0.05, 0.1) is 0 Å². The van der Waals surface area contributed by atoms with Gasteiger partial charge in [0, 0.05) is 11.9 Å². The smallest absolute Gasteiger partial charge is 0.550 e. The van der Waals surface area contributed by atoms with Gasteiger partial charge in [-0.05, 0) is 103 Å². The molecule has 0 heterocycles. The van der Waals surface area contributed by atoms with Crippen LogP contribution in [-0.4, -0.2) is 98.7 Å². The molecule has 0 aromatic carbocycles. The molecule has 0 atom stereocenters. The second-order valence-corrected chi connectivity index (χ2v) is 18.7. The molecule has 7 heteroatoms. The zero-order valence-corrected chi connectivity index (χ0v) is 44.4. The number of nitrogens with zero attached hydrogens (tertiary/aromatic N) is 2. The molecule has 0 spiro atoms. The molecular formula is C54H108CaN2O4. The molecule has 0 amide bonds. The van der Waals surface area contributed by atoms with E-state index >= 15 is 0 Å². The summed E-state index contributed by atoms with van der Waals surface area (Å²) in [7, 11) is 0. The maximum atomic E-state index is 10.6.